The van der Waals surface area contributed by atoms with Crippen LogP contribution in [0.15, 0.2) is 24.3 Å². The van der Waals surface area contributed by atoms with Gasteiger partial charge in [-0.25, -0.2) is 0 Å². The number of alkyl halides is 1. The molecule has 0 unspecified atom stereocenters. The first kappa shape index (κ1) is 12.6. The largest absolute Gasteiger partial charge is 0.468 e. The van der Waals surface area contributed by atoms with Gasteiger partial charge in [0.15, 0.2) is 6.79 Å². The molecule has 0 amide bonds. The summed E-state index contributed by atoms with van der Waals surface area (Å²) in [6, 6.07) is 7.90. The summed E-state index contributed by atoms with van der Waals surface area (Å²) in [6.07, 6.45) is 1.18. The van der Waals surface area contributed by atoms with Crippen molar-refractivity contribution < 1.29 is 9.47 Å². The molecule has 0 spiro atoms. The molecule has 0 fully saturated rings. The van der Waals surface area contributed by atoms with Crippen molar-refractivity contribution in [2.75, 3.05) is 30.2 Å². The number of halogens is 1. The Morgan fingerprint density at radius 1 is 1.27 bits per heavy atom. The summed E-state index contributed by atoms with van der Waals surface area (Å²) in [5.41, 5.74) is 1.13. The summed E-state index contributed by atoms with van der Waals surface area (Å²) in [6.45, 7) is 1.31. The molecule has 1 rings (SSSR count). The molecule has 0 bridgehead atoms. The number of hydrogen-bond donors (Lipinski definition) is 1. The predicted octanol–water partition coefficient (Wildman–Crippen LogP) is 2.91. The fourth-order valence-corrected chi connectivity index (χ4v) is 1.48. The summed E-state index contributed by atoms with van der Waals surface area (Å²) in [7, 11) is 1.61. The minimum absolute atomic E-state index is 0.293. The number of methoxy groups -OCH3 is 1. The molecule has 0 saturated carbocycles. The highest BCUT2D eigenvalue weighted by Crippen LogP contribution is 2.15. The number of hydrogen-bond acceptors (Lipinski definition) is 3. The van der Waals surface area contributed by atoms with Gasteiger partial charge in [0.05, 0.1) is 0 Å². The number of benzene rings is 1. The van der Waals surface area contributed by atoms with E-state index in [1.807, 2.05) is 24.3 Å². The second-order valence-corrected chi connectivity index (χ2v) is 4.12. The van der Waals surface area contributed by atoms with Crippen LogP contribution in [0.2, 0.25) is 0 Å². The maximum Gasteiger partial charge on any atom is 0.188 e. The lowest BCUT2D eigenvalue weighted by atomic mass is 10.3. The van der Waals surface area contributed by atoms with Gasteiger partial charge in [0.1, 0.15) is 5.75 Å². The topological polar surface area (TPSA) is 30.5 Å². The second-order valence-electron chi connectivity index (χ2n) is 3.04. The van der Waals surface area contributed by atoms with Crippen molar-refractivity contribution >= 4 is 28.3 Å². The Morgan fingerprint density at radius 2 is 2.00 bits per heavy atom. The zero-order valence-electron chi connectivity index (χ0n) is 8.83. The van der Waals surface area contributed by atoms with E-state index in [9.17, 15) is 0 Å². The van der Waals surface area contributed by atoms with Crippen molar-refractivity contribution in [3.8, 4) is 5.75 Å². The van der Waals surface area contributed by atoms with E-state index in [4.69, 9.17) is 9.47 Å². The van der Waals surface area contributed by atoms with Gasteiger partial charge >= 0.3 is 0 Å². The molecule has 4 heteroatoms. The molecular formula is C11H16INO2. The zero-order chi connectivity index (χ0) is 10.9. The predicted molar refractivity (Wildman–Crippen MR) is 70.9 cm³/mol. The second kappa shape index (κ2) is 7.76. The average Bonchev–Trinajstić information content (AvgIpc) is 2.28. The lowest BCUT2D eigenvalue weighted by molar-refractivity contribution is 0.0511. The SMILES string of the molecule is COCOc1ccc(NCCCI)cc1. The van der Waals surface area contributed by atoms with Crippen molar-refractivity contribution in [2.24, 2.45) is 0 Å². The summed E-state index contributed by atoms with van der Waals surface area (Å²) in [5, 5.41) is 3.34. The van der Waals surface area contributed by atoms with Gasteiger partial charge < -0.3 is 14.8 Å². The van der Waals surface area contributed by atoms with Gasteiger partial charge in [-0.2, -0.15) is 0 Å². The van der Waals surface area contributed by atoms with Crippen LogP contribution < -0.4 is 10.1 Å². The molecule has 0 aliphatic rings. The maximum atomic E-state index is 5.28. The molecule has 0 aliphatic heterocycles. The zero-order valence-corrected chi connectivity index (χ0v) is 11.0. The van der Waals surface area contributed by atoms with Crippen LogP contribution >= 0.6 is 22.6 Å². The molecule has 1 N–H and O–H groups in total. The first-order valence-corrected chi connectivity index (χ1v) is 6.41. The third kappa shape index (κ3) is 5.22. The van der Waals surface area contributed by atoms with E-state index < -0.39 is 0 Å². The van der Waals surface area contributed by atoms with Gasteiger partial charge in [0, 0.05) is 23.8 Å². The maximum absolute atomic E-state index is 5.28. The third-order valence-corrected chi connectivity index (χ3v) is 2.60. The molecule has 0 aliphatic carbocycles. The van der Waals surface area contributed by atoms with Gasteiger partial charge in [-0.05, 0) is 30.7 Å². The molecule has 0 atom stereocenters. The Kier molecular flexibility index (Phi) is 6.50. The van der Waals surface area contributed by atoms with Crippen LogP contribution in [0.1, 0.15) is 6.42 Å². The van der Waals surface area contributed by atoms with Crippen LogP contribution in [0.25, 0.3) is 0 Å². The number of anilines is 1. The summed E-state index contributed by atoms with van der Waals surface area (Å²) in [5.74, 6) is 0.830. The van der Waals surface area contributed by atoms with E-state index in [1.165, 1.54) is 10.8 Å². The van der Waals surface area contributed by atoms with Crippen molar-refractivity contribution in [3.63, 3.8) is 0 Å². The highest BCUT2D eigenvalue weighted by molar-refractivity contribution is 14.1. The number of rotatable bonds is 7. The van der Waals surface area contributed by atoms with Crippen LogP contribution in [0.5, 0.6) is 5.75 Å². The highest BCUT2D eigenvalue weighted by atomic mass is 127. The lowest BCUT2D eigenvalue weighted by Crippen LogP contribution is -2.02. The fraction of sp³-hybridized carbons (Fsp3) is 0.455. The van der Waals surface area contributed by atoms with E-state index in [0.717, 1.165) is 18.0 Å². The van der Waals surface area contributed by atoms with Crippen molar-refractivity contribution in [3.05, 3.63) is 24.3 Å². The van der Waals surface area contributed by atoms with Crippen molar-refractivity contribution in [1.29, 1.82) is 0 Å². The fourth-order valence-electron chi connectivity index (χ4n) is 1.10. The van der Waals surface area contributed by atoms with Gasteiger partial charge in [0.25, 0.3) is 0 Å². The lowest BCUT2D eigenvalue weighted by Gasteiger charge is -2.07. The van der Waals surface area contributed by atoms with E-state index in [1.54, 1.807) is 7.11 Å². The molecule has 1 aromatic rings. The van der Waals surface area contributed by atoms with Crippen molar-refractivity contribution in [2.45, 2.75) is 6.42 Å². The smallest absolute Gasteiger partial charge is 0.188 e. The molecule has 15 heavy (non-hydrogen) atoms. The first-order chi connectivity index (χ1) is 7.36. The van der Waals surface area contributed by atoms with E-state index >= 15 is 0 Å². The minimum atomic E-state index is 0.293. The molecule has 0 saturated heterocycles. The Hall–Kier alpha value is -0.490. The molecule has 1 aromatic carbocycles. The van der Waals surface area contributed by atoms with Crippen LogP contribution in [-0.4, -0.2) is 24.9 Å². The van der Waals surface area contributed by atoms with Gasteiger partial charge in [-0.15, -0.1) is 0 Å². The van der Waals surface area contributed by atoms with Gasteiger partial charge in [0.2, 0.25) is 0 Å². The summed E-state index contributed by atoms with van der Waals surface area (Å²) < 4.78 is 11.3. The molecule has 0 radical (unpaired) electrons. The average molecular weight is 321 g/mol. The minimum Gasteiger partial charge on any atom is -0.468 e. The standard InChI is InChI=1S/C11H16INO2/c1-14-9-15-11-5-3-10(4-6-11)13-8-2-7-12/h3-6,13H,2,7-9H2,1H3. The van der Waals surface area contributed by atoms with Crippen LogP contribution in [-0.2, 0) is 4.74 Å². The van der Waals surface area contributed by atoms with E-state index in [-0.39, 0.29) is 0 Å². The van der Waals surface area contributed by atoms with Crippen LogP contribution in [0.4, 0.5) is 5.69 Å². The Bertz CT molecular complexity index is 264. The normalized spacial score (nSPS) is 10.0. The third-order valence-electron chi connectivity index (χ3n) is 1.84. The summed E-state index contributed by atoms with van der Waals surface area (Å²) in [4.78, 5) is 0. The quantitative estimate of drug-likeness (QED) is 0.363. The molecule has 84 valence electrons. The van der Waals surface area contributed by atoms with Crippen molar-refractivity contribution in [1.82, 2.24) is 0 Å². The summed E-state index contributed by atoms with van der Waals surface area (Å²) >= 11 is 2.38. The van der Waals surface area contributed by atoms with Crippen LogP contribution in [0, 0.1) is 0 Å². The highest BCUT2D eigenvalue weighted by Gasteiger charge is 1.94. The van der Waals surface area contributed by atoms with Gasteiger partial charge in [-0.3, -0.25) is 0 Å². The van der Waals surface area contributed by atoms with E-state index in [0.29, 0.717) is 6.79 Å². The molecule has 3 nitrogen and oxygen atoms in total. The van der Waals surface area contributed by atoms with Gasteiger partial charge in [-0.1, -0.05) is 22.6 Å². The first-order valence-electron chi connectivity index (χ1n) is 4.88. The monoisotopic (exact) mass is 321 g/mol. The molecular weight excluding hydrogens is 305 g/mol. The Balaban J connectivity index is 2.35. The van der Waals surface area contributed by atoms with Crippen LogP contribution in [0.3, 0.4) is 0 Å². The number of nitrogens with one attached hydrogen (secondary N) is 1. The Labute approximate surface area is 104 Å². The Morgan fingerprint density at radius 3 is 2.60 bits per heavy atom. The molecule has 0 heterocycles. The molecule has 0 aromatic heterocycles. The van der Waals surface area contributed by atoms with E-state index in [2.05, 4.69) is 27.9 Å². The number of ether oxygens (including phenoxy) is 2.